The Kier molecular flexibility index (Phi) is 4.19. The van der Waals surface area contributed by atoms with Gasteiger partial charge in [-0.1, -0.05) is 5.21 Å². The number of anilines is 1. The van der Waals surface area contributed by atoms with E-state index in [4.69, 9.17) is 4.74 Å². The standard InChI is InChI=1S/C17H20N6O2/c1-25-14-6-4-13(5-7-14)23-16-15(21-22-23)9-18-17(20-16)19-12-3-2-11(8-12)10-24/h4-7,9,11-12,24H,2-3,8,10H2,1H3,(H,18,19,20)/t11-,12-/m0/s1. The molecule has 4 rings (SSSR count). The Hall–Kier alpha value is -2.74. The molecule has 0 unspecified atom stereocenters. The molecule has 2 aromatic heterocycles. The molecule has 0 amide bonds. The van der Waals surface area contributed by atoms with Gasteiger partial charge in [0.15, 0.2) is 11.2 Å². The third-order valence-corrected chi connectivity index (χ3v) is 4.64. The summed E-state index contributed by atoms with van der Waals surface area (Å²) in [6.07, 6.45) is 4.66. The number of fused-ring (bicyclic) bond motifs is 1. The number of aliphatic hydroxyl groups is 1. The van der Waals surface area contributed by atoms with E-state index in [2.05, 4.69) is 25.6 Å². The summed E-state index contributed by atoms with van der Waals surface area (Å²) >= 11 is 0. The molecule has 0 saturated heterocycles. The maximum atomic E-state index is 9.28. The number of nitrogens with zero attached hydrogens (tertiary/aromatic N) is 5. The zero-order chi connectivity index (χ0) is 17.2. The fourth-order valence-corrected chi connectivity index (χ4v) is 3.25. The second kappa shape index (κ2) is 6.64. The number of rotatable bonds is 5. The first kappa shape index (κ1) is 15.8. The average Bonchev–Trinajstić information content (AvgIpc) is 3.28. The smallest absolute Gasteiger partial charge is 0.225 e. The quantitative estimate of drug-likeness (QED) is 0.730. The summed E-state index contributed by atoms with van der Waals surface area (Å²) in [4.78, 5) is 8.93. The highest BCUT2D eigenvalue weighted by atomic mass is 16.5. The maximum Gasteiger partial charge on any atom is 0.225 e. The number of hydrogen-bond acceptors (Lipinski definition) is 7. The Bertz CT molecular complexity index is 863. The fourth-order valence-electron chi connectivity index (χ4n) is 3.25. The number of hydrogen-bond donors (Lipinski definition) is 2. The van der Waals surface area contributed by atoms with Crippen molar-refractivity contribution in [2.75, 3.05) is 19.0 Å². The van der Waals surface area contributed by atoms with Gasteiger partial charge in [0.25, 0.3) is 0 Å². The normalized spacial score (nSPS) is 20.1. The Morgan fingerprint density at radius 3 is 2.84 bits per heavy atom. The molecule has 0 radical (unpaired) electrons. The van der Waals surface area contributed by atoms with Gasteiger partial charge in [-0.3, -0.25) is 0 Å². The molecule has 1 fully saturated rings. The number of aromatic nitrogens is 5. The van der Waals surface area contributed by atoms with Gasteiger partial charge in [-0.2, -0.15) is 9.67 Å². The van der Waals surface area contributed by atoms with Crippen molar-refractivity contribution in [2.45, 2.75) is 25.3 Å². The predicted molar refractivity (Wildman–Crippen MR) is 92.8 cm³/mol. The van der Waals surface area contributed by atoms with E-state index in [1.807, 2.05) is 24.3 Å². The minimum absolute atomic E-state index is 0.242. The monoisotopic (exact) mass is 340 g/mol. The SMILES string of the molecule is COc1ccc(-n2nnc3cnc(N[C@H]4CC[C@H](CO)C4)nc32)cc1. The van der Waals surface area contributed by atoms with Crippen molar-refractivity contribution in [1.29, 1.82) is 0 Å². The van der Waals surface area contributed by atoms with Gasteiger partial charge in [-0.05, 0) is 49.4 Å². The van der Waals surface area contributed by atoms with Gasteiger partial charge >= 0.3 is 0 Å². The lowest BCUT2D eigenvalue weighted by molar-refractivity contribution is 0.229. The lowest BCUT2D eigenvalue weighted by Crippen LogP contribution is -2.18. The van der Waals surface area contributed by atoms with Gasteiger partial charge in [0.1, 0.15) is 5.75 Å². The first-order valence-corrected chi connectivity index (χ1v) is 8.37. The first-order valence-electron chi connectivity index (χ1n) is 8.37. The third-order valence-electron chi connectivity index (χ3n) is 4.64. The summed E-state index contributed by atoms with van der Waals surface area (Å²) in [5.41, 5.74) is 2.15. The summed E-state index contributed by atoms with van der Waals surface area (Å²) in [7, 11) is 1.63. The molecule has 3 aromatic rings. The van der Waals surface area contributed by atoms with E-state index in [-0.39, 0.29) is 6.61 Å². The van der Waals surface area contributed by atoms with Crippen LogP contribution in [0.2, 0.25) is 0 Å². The highest BCUT2D eigenvalue weighted by Gasteiger charge is 2.24. The molecule has 8 nitrogen and oxygen atoms in total. The Balaban J connectivity index is 1.61. The highest BCUT2D eigenvalue weighted by Crippen LogP contribution is 2.27. The zero-order valence-corrected chi connectivity index (χ0v) is 14.0. The lowest BCUT2D eigenvalue weighted by Gasteiger charge is -2.12. The van der Waals surface area contributed by atoms with Crippen LogP contribution in [0.25, 0.3) is 16.9 Å². The van der Waals surface area contributed by atoms with Crippen LogP contribution in [0.1, 0.15) is 19.3 Å². The number of methoxy groups -OCH3 is 1. The van der Waals surface area contributed by atoms with Gasteiger partial charge in [-0.25, -0.2) is 4.98 Å². The Morgan fingerprint density at radius 2 is 2.12 bits per heavy atom. The van der Waals surface area contributed by atoms with Crippen molar-refractivity contribution in [2.24, 2.45) is 5.92 Å². The van der Waals surface area contributed by atoms with Crippen molar-refractivity contribution in [3.8, 4) is 11.4 Å². The largest absolute Gasteiger partial charge is 0.497 e. The van der Waals surface area contributed by atoms with Crippen molar-refractivity contribution >= 4 is 17.1 Å². The van der Waals surface area contributed by atoms with Crippen LogP contribution >= 0.6 is 0 Å². The molecular weight excluding hydrogens is 320 g/mol. The molecule has 0 bridgehead atoms. The summed E-state index contributed by atoms with van der Waals surface area (Å²) in [5, 5.41) is 21.0. The summed E-state index contributed by atoms with van der Waals surface area (Å²) < 4.78 is 6.87. The molecule has 1 aromatic carbocycles. The molecule has 0 spiro atoms. The zero-order valence-electron chi connectivity index (χ0n) is 14.0. The molecular formula is C17H20N6O2. The van der Waals surface area contributed by atoms with Crippen LogP contribution in [0.5, 0.6) is 5.75 Å². The number of benzene rings is 1. The molecule has 2 atom stereocenters. The van der Waals surface area contributed by atoms with Gasteiger partial charge in [0.05, 0.1) is 19.0 Å². The van der Waals surface area contributed by atoms with E-state index < -0.39 is 0 Å². The van der Waals surface area contributed by atoms with Crippen molar-refractivity contribution < 1.29 is 9.84 Å². The molecule has 1 aliphatic carbocycles. The van der Waals surface area contributed by atoms with Crippen molar-refractivity contribution in [3.05, 3.63) is 30.5 Å². The van der Waals surface area contributed by atoms with Gasteiger partial charge in [-0.15, -0.1) is 5.10 Å². The predicted octanol–water partition coefficient (Wildman–Crippen LogP) is 1.79. The lowest BCUT2D eigenvalue weighted by atomic mass is 10.1. The molecule has 1 saturated carbocycles. The van der Waals surface area contributed by atoms with Crippen LogP contribution < -0.4 is 10.1 Å². The summed E-state index contributed by atoms with van der Waals surface area (Å²) in [5.74, 6) is 1.71. The molecule has 25 heavy (non-hydrogen) atoms. The second-order valence-electron chi connectivity index (χ2n) is 6.30. The molecule has 130 valence electrons. The second-order valence-corrected chi connectivity index (χ2v) is 6.30. The van der Waals surface area contributed by atoms with E-state index in [0.717, 1.165) is 30.7 Å². The maximum absolute atomic E-state index is 9.28. The van der Waals surface area contributed by atoms with Crippen LogP contribution in [0.4, 0.5) is 5.95 Å². The Morgan fingerprint density at radius 1 is 1.28 bits per heavy atom. The molecule has 1 aliphatic rings. The number of nitrogens with one attached hydrogen (secondary N) is 1. The van der Waals surface area contributed by atoms with Crippen LogP contribution in [-0.2, 0) is 0 Å². The highest BCUT2D eigenvalue weighted by molar-refractivity contribution is 5.72. The van der Waals surface area contributed by atoms with Gasteiger partial charge in [0.2, 0.25) is 5.95 Å². The molecule has 8 heteroatoms. The fraction of sp³-hybridized carbons (Fsp3) is 0.412. The summed E-state index contributed by atoms with van der Waals surface area (Å²) in [6, 6.07) is 7.85. The van der Waals surface area contributed by atoms with E-state index in [1.165, 1.54) is 0 Å². The van der Waals surface area contributed by atoms with Crippen molar-refractivity contribution in [1.82, 2.24) is 25.0 Å². The minimum Gasteiger partial charge on any atom is -0.497 e. The molecule has 2 N–H and O–H groups in total. The minimum atomic E-state index is 0.242. The van der Waals surface area contributed by atoms with E-state index >= 15 is 0 Å². The molecule has 2 heterocycles. The van der Waals surface area contributed by atoms with Gasteiger partial charge in [0, 0.05) is 12.6 Å². The van der Waals surface area contributed by atoms with Crippen molar-refractivity contribution in [3.63, 3.8) is 0 Å². The summed E-state index contributed by atoms with van der Waals surface area (Å²) in [6.45, 7) is 0.242. The van der Waals surface area contributed by atoms with E-state index in [9.17, 15) is 5.11 Å². The van der Waals surface area contributed by atoms with Crippen LogP contribution in [-0.4, -0.2) is 49.8 Å². The molecule has 0 aliphatic heterocycles. The number of ether oxygens (including phenoxy) is 1. The Labute approximate surface area is 144 Å². The van der Waals surface area contributed by atoms with Gasteiger partial charge < -0.3 is 15.2 Å². The van der Waals surface area contributed by atoms with Crippen LogP contribution in [0.3, 0.4) is 0 Å². The van der Waals surface area contributed by atoms with Crippen LogP contribution in [0, 0.1) is 5.92 Å². The average molecular weight is 340 g/mol. The third kappa shape index (κ3) is 3.12. The van der Waals surface area contributed by atoms with E-state index in [0.29, 0.717) is 29.1 Å². The van der Waals surface area contributed by atoms with E-state index in [1.54, 1.807) is 18.0 Å². The topological polar surface area (TPSA) is 98.0 Å². The van der Waals surface area contributed by atoms with Crippen LogP contribution in [0.15, 0.2) is 30.5 Å². The first-order chi connectivity index (χ1) is 12.3. The number of aliphatic hydroxyl groups excluding tert-OH is 1.